The summed E-state index contributed by atoms with van der Waals surface area (Å²) in [5.74, 6) is -0.674. The highest BCUT2D eigenvalue weighted by Gasteiger charge is 2.31. The lowest BCUT2D eigenvalue weighted by atomic mass is 10.1. The third kappa shape index (κ3) is 4.15. The van der Waals surface area contributed by atoms with Crippen LogP contribution in [0.15, 0.2) is 36.8 Å². The second-order valence-corrected chi connectivity index (χ2v) is 5.95. The number of nitrogens with one attached hydrogen (secondary N) is 1. The smallest absolute Gasteiger partial charge is 0.419 e. The van der Waals surface area contributed by atoms with Crippen LogP contribution in [0.4, 0.5) is 28.0 Å². The minimum Gasteiger partial charge on any atom is -0.447 e. The highest BCUT2D eigenvalue weighted by atomic mass is 19.4. The van der Waals surface area contributed by atoms with Gasteiger partial charge in [0.05, 0.1) is 17.4 Å². The SMILES string of the molecule is CC(C)OC(=O)Nc1ccc(F)c(-c2cn3cc(C(F)(F)F)cnc3n2)c1. The molecule has 0 aliphatic heterocycles. The van der Waals surface area contributed by atoms with Crippen molar-refractivity contribution in [2.24, 2.45) is 0 Å². The van der Waals surface area contributed by atoms with Crippen molar-refractivity contribution in [1.82, 2.24) is 14.4 Å². The molecule has 0 bridgehead atoms. The van der Waals surface area contributed by atoms with E-state index in [2.05, 4.69) is 15.3 Å². The third-order valence-corrected chi connectivity index (χ3v) is 3.47. The molecular formula is C17H14F4N4O2. The molecule has 1 aromatic carbocycles. The Labute approximate surface area is 150 Å². The van der Waals surface area contributed by atoms with Gasteiger partial charge in [-0.3, -0.25) is 9.72 Å². The summed E-state index contributed by atoms with van der Waals surface area (Å²) >= 11 is 0. The van der Waals surface area contributed by atoms with E-state index >= 15 is 0 Å². The van der Waals surface area contributed by atoms with Crippen LogP contribution in [0.25, 0.3) is 17.0 Å². The summed E-state index contributed by atoms with van der Waals surface area (Å²) in [7, 11) is 0. The van der Waals surface area contributed by atoms with E-state index in [1.54, 1.807) is 13.8 Å². The van der Waals surface area contributed by atoms with Gasteiger partial charge in [0.15, 0.2) is 0 Å². The zero-order valence-corrected chi connectivity index (χ0v) is 14.2. The van der Waals surface area contributed by atoms with E-state index in [0.29, 0.717) is 6.20 Å². The number of carbonyl (C=O) groups is 1. The minimum atomic E-state index is -4.56. The molecule has 142 valence electrons. The summed E-state index contributed by atoms with van der Waals surface area (Å²) in [5, 5.41) is 2.45. The van der Waals surface area contributed by atoms with Crippen molar-refractivity contribution in [3.63, 3.8) is 0 Å². The van der Waals surface area contributed by atoms with Crippen molar-refractivity contribution < 1.29 is 27.1 Å². The number of imidazole rings is 1. The lowest BCUT2D eigenvalue weighted by Gasteiger charge is -2.10. The molecule has 0 aliphatic carbocycles. The Balaban J connectivity index is 1.95. The Morgan fingerprint density at radius 2 is 2.00 bits per heavy atom. The van der Waals surface area contributed by atoms with Crippen molar-refractivity contribution in [2.75, 3.05) is 5.32 Å². The van der Waals surface area contributed by atoms with Gasteiger partial charge in [0, 0.05) is 29.8 Å². The zero-order chi connectivity index (χ0) is 19.8. The first-order valence-corrected chi connectivity index (χ1v) is 7.83. The molecule has 2 aromatic heterocycles. The molecule has 6 nitrogen and oxygen atoms in total. The van der Waals surface area contributed by atoms with Crippen LogP contribution in [0, 0.1) is 5.82 Å². The van der Waals surface area contributed by atoms with Gasteiger partial charge in [-0.15, -0.1) is 0 Å². The number of nitrogens with zero attached hydrogens (tertiary/aromatic N) is 3. The molecule has 1 amide bonds. The van der Waals surface area contributed by atoms with Crippen molar-refractivity contribution in [3.05, 3.63) is 48.2 Å². The van der Waals surface area contributed by atoms with Crippen LogP contribution in [-0.4, -0.2) is 26.6 Å². The molecule has 3 rings (SSSR count). The van der Waals surface area contributed by atoms with Crippen LogP contribution >= 0.6 is 0 Å². The Morgan fingerprint density at radius 3 is 2.67 bits per heavy atom. The number of fused-ring (bicyclic) bond motifs is 1. The average Bonchev–Trinajstić information content (AvgIpc) is 2.97. The third-order valence-electron chi connectivity index (χ3n) is 3.47. The summed E-state index contributed by atoms with van der Waals surface area (Å²) in [4.78, 5) is 19.3. The first kappa shape index (κ1) is 18.6. The molecule has 0 saturated heterocycles. The number of anilines is 1. The van der Waals surface area contributed by atoms with Crippen molar-refractivity contribution >= 4 is 17.6 Å². The van der Waals surface area contributed by atoms with Gasteiger partial charge in [0.2, 0.25) is 5.78 Å². The number of alkyl halides is 3. The van der Waals surface area contributed by atoms with Crippen LogP contribution < -0.4 is 5.32 Å². The van der Waals surface area contributed by atoms with Crippen molar-refractivity contribution in [2.45, 2.75) is 26.1 Å². The second kappa shape index (κ2) is 6.86. The summed E-state index contributed by atoms with van der Waals surface area (Å²) in [5.41, 5.74) is -0.638. The number of carbonyl (C=O) groups excluding carboxylic acids is 1. The fraction of sp³-hybridized carbons (Fsp3) is 0.235. The summed E-state index contributed by atoms with van der Waals surface area (Å²) in [6, 6.07) is 3.75. The second-order valence-electron chi connectivity index (χ2n) is 5.95. The van der Waals surface area contributed by atoms with Crippen LogP contribution in [-0.2, 0) is 10.9 Å². The van der Waals surface area contributed by atoms with E-state index in [1.165, 1.54) is 18.3 Å². The van der Waals surface area contributed by atoms with E-state index in [4.69, 9.17) is 4.74 Å². The predicted octanol–water partition coefficient (Wildman–Crippen LogP) is 4.51. The topological polar surface area (TPSA) is 68.5 Å². The Bertz CT molecular complexity index is 998. The molecule has 0 unspecified atom stereocenters. The van der Waals surface area contributed by atoms with E-state index in [-0.39, 0.29) is 28.8 Å². The lowest BCUT2D eigenvalue weighted by Crippen LogP contribution is -2.18. The first-order chi connectivity index (χ1) is 12.6. The molecule has 0 fully saturated rings. The summed E-state index contributed by atoms with van der Waals surface area (Å²) < 4.78 is 58.6. The zero-order valence-electron chi connectivity index (χ0n) is 14.2. The fourth-order valence-electron chi connectivity index (χ4n) is 2.32. The molecule has 0 atom stereocenters. The molecule has 2 heterocycles. The molecule has 1 N–H and O–H groups in total. The normalized spacial score (nSPS) is 11.8. The lowest BCUT2D eigenvalue weighted by molar-refractivity contribution is -0.138. The van der Waals surface area contributed by atoms with Gasteiger partial charge in [-0.2, -0.15) is 13.2 Å². The quantitative estimate of drug-likeness (QED) is 0.677. The van der Waals surface area contributed by atoms with Crippen LogP contribution in [0.2, 0.25) is 0 Å². The predicted molar refractivity (Wildman–Crippen MR) is 88.6 cm³/mol. The van der Waals surface area contributed by atoms with Crippen LogP contribution in [0.3, 0.4) is 0 Å². The maximum absolute atomic E-state index is 14.2. The number of rotatable bonds is 3. The highest BCUT2D eigenvalue weighted by molar-refractivity contribution is 5.86. The average molecular weight is 382 g/mol. The number of aromatic nitrogens is 3. The van der Waals surface area contributed by atoms with Crippen molar-refractivity contribution in [3.8, 4) is 11.3 Å². The molecule has 10 heteroatoms. The summed E-state index contributed by atoms with van der Waals surface area (Å²) in [6.45, 7) is 3.35. The van der Waals surface area contributed by atoms with E-state index in [0.717, 1.165) is 16.7 Å². The number of hydrogen-bond acceptors (Lipinski definition) is 4. The maximum Gasteiger partial charge on any atom is 0.419 e. The molecular weight excluding hydrogens is 368 g/mol. The van der Waals surface area contributed by atoms with E-state index in [9.17, 15) is 22.4 Å². The van der Waals surface area contributed by atoms with E-state index in [1.807, 2.05) is 0 Å². The maximum atomic E-state index is 14.2. The number of hydrogen-bond donors (Lipinski definition) is 1. The molecule has 3 aromatic rings. The number of halogens is 4. The number of amides is 1. The molecule has 0 saturated carbocycles. The van der Waals surface area contributed by atoms with Gasteiger partial charge in [-0.1, -0.05) is 0 Å². The number of ether oxygens (including phenoxy) is 1. The number of benzene rings is 1. The Morgan fingerprint density at radius 1 is 1.26 bits per heavy atom. The molecule has 0 radical (unpaired) electrons. The Hall–Kier alpha value is -3.17. The fourth-order valence-corrected chi connectivity index (χ4v) is 2.32. The minimum absolute atomic E-state index is 0.00333. The standard InChI is InChI=1S/C17H14F4N4O2/c1-9(2)27-16(26)23-11-3-4-13(18)12(5-11)14-8-25-7-10(17(19,20)21)6-22-15(25)24-14/h3-9H,1-2H3,(H,23,26). The van der Waals surface area contributed by atoms with Crippen LogP contribution in [0.5, 0.6) is 0 Å². The van der Waals surface area contributed by atoms with Gasteiger partial charge in [-0.05, 0) is 32.0 Å². The van der Waals surface area contributed by atoms with Gasteiger partial charge in [-0.25, -0.2) is 19.2 Å². The van der Waals surface area contributed by atoms with Gasteiger partial charge >= 0.3 is 12.3 Å². The molecule has 0 aliphatic rings. The molecule has 0 spiro atoms. The van der Waals surface area contributed by atoms with Crippen LogP contribution in [0.1, 0.15) is 19.4 Å². The van der Waals surface area contributed by atoms with Crippen molar-refractivity contribution in [1.29, 1.82) is 0 Å². The van der Waals surface area contributed by atoms with Gasteiger partial charge < -0.3 is 4.74 Å². The van der Waals surface area contributed by atoms with Gasteiger partial charge in [0.1, 0.15) is 5.82 Å². The summed E-state index contributed by atoms with van der Waals surface area (Å²) in [6.07, 6.45) is -2.91. The monoisotopic (exact) mass is 382 g/mol. The molecule has 27 heavy (non-hydrogen) atoms. The largest absolute Gasteiger partial charge is 0.447 e. The highest BCUT2D eigenvalue weighted by Crippen LogP contribution is 2.30. The first-order valence-electron chi connectivity index (χ1n) is 7.83. The Kier molecular flexibility index (Phi) is 4.73. The van der Waals surface area contributed by atoms with Gasteiger partial charge in [0.25, 0.3) is 0 Å². The van der Waals surface area contributed by atoms with E-state index < -0.39 is 23.7 Å².